The number of thiazole rings is 1. The van der Waals surface area contributed by atoms with Gasteiger partial charge in [-0.05, 0) is 11.5 Å². The van der Waals surface area contributed by atoms with Crippen LogP contribution in [-0.4, -0.2) is 42.4 Å². The molecule has 0 fully saturated rings. The van der Waals surface area contributed by atoms with Crippen molar-refractivity contribution in [1.29, 1.82) is 0 Å². The summed E-state index contributed by atoms with van der Waals surface area (Å²) in [6.45, 7) is 5.58. The second kappa shape index (κ2) is 11.9. The van der Waals surface area contributed by atoms with Crippen LogP contribution in [0.5, 0.6) is 0 Å². The molecule has 148 valence electrons. The number of nitrogens with one attached hydrogen (secondary N) is 2. The lowest BCUT2D eigenvalue weighted by molar-refractivity contribution is -0.127. The maximum Gasteiger partial charge on any atom is 0.241 e. The summed E-state index contributed by atoms with van der Waals surface area (Å²) in [4.78, 5) is 22.6. The standard InChI is InChI=1S/C19H27N5OS.HI/c1-14(2)16-13-26-17(23-16)11-21-19(22-12-18(25)24(3)4)20-10-15-8-6-5-7-9-15;/h5-9,13-14H,10-12H2,1-4H3,(H2,20,21,22);1H. The third-order valence-corrected chi connectivity index (χ3v) is 4.60. The summed E-state index contributed by atoms with van der Waals surface area (Å²) in [6, 6.07) is 10.0. The van der Waals surface area contributed by atoms with Crippen molar-refractivity contribution >= 4 is 47.2 Å². The first-order chi connectivity index (χ1) is 12.5. The van der Waals surface area contributed by atoms with Crippen LogP contribution in [0.1, 0.15) is 36.0 Å². The Morgan fingerprint density at radius 3 is 2.52 bits per heavy atom. The molecule has 0 aliphatic rings. The van der Waals surface area contributed by atoms with E-state index in [1.54, 1.807) is 30.3 Å². The van der Waals surface area contributed by atoms with E-state index >= 15 is 0 Å². The zero-order chi connectivity index (χ0) is 18.9. The molecule has 1 amide bonds. The lowest BCUT2D eigenvalue weighted by Crippen LogP contribution is -2.42. The van der Waals surface area contributed by atoms with Gasteiger partial charge in [0.15, 0.2) is 5.96 Å². The van der Waals surface area contributed by atoms with Gasteiger partial charge >= 0.3 is 0 Å². The van der Waals surface area contributed by atoms with E-state index in [-0.39, 0.29) is 36.4 Å². The van der Waals surface area contributed by atoms with E-state index < -0.39 is 0 Å². The summed E-state index contributed by atoms with van der Waals surface area (Å²) in [5, 5.41) is 9.45. The third-order valence-electron chi connectivity index (χ3n) is 3.74. The molecule has 0 spiro atoms. The van der Waals surface area contributed by atoms with Gasteiger partial charge < -0.3 is 15.5 Å². The Morgan fingerprint density at radius 2 is 1.93 bits per heavy atom. The number of carbonyl (C=O) groups is 1. The van der Waals surface area contributed by atoms with Crippen molar-refractivity contribution in [3.05, 3.63) is 52.0 Å². The van der Waals surface area contributed by atoms with Gasteiger partial charge in [-0.25, -0.2) is 9.98 Å². The molecular formula is C19H28IN5OS. The highest BCUT2D eigenvalue weighted by molar-refractivity contribution is 14.0. The number of halogens is 1. The fraction of sp³-hybridized carbons (Fsp3) is 0.421. The van der Waals surface area contributed by atoms with Crippen molar-refractivity contribution in [2.75, 3.05) is 20.6 Å². The number of hydrogen-bond donors (Lipinski definition) is 2. The second-order valence-corrected chi connectivity index (χ2v) is 7.41. The Balaban J connectivity index is 0.00000364. The van der Waals surface area contributed by atoms with Crippen molar-refractivity contribution in [2.45, 2.75) is 32.9 Å². The number of aliphatic imine (C=N–C) groups is 1. The number of likely N-dealkylation sites (N-methyl/N-ethyl adjacent to an activating group) is 1. The predicted octanol–water partition coefficient (Wildman–Crippen LogP) is 3.21. The minimum atomic E-state index is -0.00412. The minimum absolute atomic E-state index is 0. The first-order valence-electron chi connectivity index (χ1n) is 8.66. The largest absolute Gasteiger partial charge is 0.350 e. The number of carbonyl (C=O) groups excluding carboxylic acids is 1. The number of rotatable bonds is 7. The number of guanidine groups is 1. The first-order valence-corrected chi connectivity index (χ1v) is 9.54. The van der Waals surface area contributed by atoms with Crippen molar-refractivity contribution in [2.24, 2.45) is 4.99 Å². The molecule has 2 N–H and O–H groups in total. The monoisotopic (exact) mass is 501 g/mol. The highest BCUT2D eigenvalue weighted by Gasteiger charge is 2.08. The highest BCUT2D eigenvalue weighted by Crippen LogP contribution is 2.17. The molecule has 1 aromatic carbocycles. The van der Waals surface area contributed by atoms with E-state index in [1.165, 1.54) is 0 Å². The number of aromatic nitrogens is 1. The van der Waals surface area contributed by atoms with Gasteiger partial charge in [-0.2, -0.15) is 0 Å². The first kappa shape index (κ1) is 23.4. The Hall–Kier alpha value is -1.68. The van der Waals surface area contributed by atoms with Crippen molar-refractivity contribution in [1.82, 2.24) is 20.5 Å². The average Bonchev–Trinajstić information content (AvgIpc) is 3.11. The smallest absolute Gasteiger partial charge is 0.241 e. The minimum Gasteiger partial charge on any atom is -0.350 e. The zero-order valence-electron chi connectivity index (χ0n) is 16.2. The molecule has 0 unspecified atom stereocenters. The van der Waals surface area contributed by atoms with E-state index in [9.17, 15) is 4.79 Å². The fourth-order valence-electron chi connectivity index (χ4n) is 2.08. The summed E-state index contributed by atoms with van der Waals surface area (Å²) in [5.74, 6) is 1.02. The van der Waals surface area contributed by atoms with Crippen molar-refractivity contribution < 1.29 is 4.79 Å². The molecule has 27 heavy (non-hydrogen) atoms. The van der Waals surface area contributed by atoms with Crippen molar-refractivity contribution in [3.8, 4) is 0 Å². The summed E-state index contributed by atoms with van der Waals surface area (Å²) < 4.78 is 0. The normalized spacial score (nSPS) is 11.1. The number of hydrogen-bond acceptors (Lipinski definition) is 4. The van der Waals surface area contributed by atoms with E-state index in [0.717, 1.165) is 16.3 Å². The second-order valence-electron chi connectivity index (χ2n) is 6.47. The van der Waals surface area contributed by atoms with E-state index in [1.807, 2.05) is 30.3 Å². The highest BCUT2D eigenvalue weighted by atomic mass is 127. The van der Waals surface area contributed by atoms with Crippen LogP contribution in [0, 0.1) is 0 Å². The molecule has 2 rings (SSSR count). The molecular weight excluding hydrogens is 473 g/mol. The van der Waals surface area contributed by atoms with Gasteiger partial charge in [0.2, 0.25) is 5.91 Å². The van der Waals surface area contributed by atoms with E-state index in [4.69, 9.17) is 0 Å². The number of nitrogens with zero attached hydrogens (tertiary/aromatic N) is 3. The van der Waals surface area contributed by atoms with Gasteiger partial charge in [0.1, 0.15) is 5.01 Å². The molecule has 0 aliphatic heterocycles. The third kappa shape index (κ3) is 8.25. The van der Waals surface area contributed by atoms with Gasteiger partial charge in [-0.15, -0.1) is 35.3 Å². The van der Waals surface area contributed by atoms with Crippen LogP contribution in [0.2, 0.25) is 0 Å². The Labute approximate surface area is 182 Å². The molecule has 1 heterocycles. The predicted molar refractivity (Wildman–Crippen MR) is 123 cm³/mol. The van der Waals surface area contributed by atoms with E-state index in [0.29, 0.717) is 25.0 Å². The van der Waals surface area contributed by atoms with E-state index in [2.05, 4.69) is 39.8 Å². The molecule has 0 saturated heterocycles. The summed E-state index contributed by atoms with van der Waals surface area (Å²) in [7, 11) is 3.47. The SMILES string of the molecule is CC(C)c1csc(CNC(=NCc2ccccc2)NCC(=O)N(C)C)n1.I. The lowest BCUT2D eigenvalue weighted by Gasteiger charge is -2.14. The van der Waals surface area contributed by atoms with Crippen molar-refractivity contribution in [3.63, 3.8) is 0 Å². The van der Waals surface area contributed by atoms with Gasteiger partial charge in [0.05, 0.1) is 25.3 Å². The van der Waals surface area contributed by atoms with Gasteiger partial charge in [0.25, 0.3) is 0 Å². The Bertz CT molecular complexity index is 731. The summed E-state index contributed by atoms with van der Waals surface area (Å²) in [5.41, 5.74) is 2.22. The summed E-state index contributed by atoms with van der Waals surface area (Å²) in [6.07, 6.45) is 0. The van der Waals surface area contributed by atoms with Gasteiger partial charge in [-0.1, -0.05) is 44.2 Å². The molecule has 0 saturated carbocycles. The number of benzene rings is 1. The van der Waals surface area contributed by atoms with Crippen LogP contribution >= 0.6 is 35.3 Å². The Morgan fingerprint density at radius 1 is 1.22 bits per heavy atom. The quantitative estimate of drug-likeness (QED) is 0.348. The van der Waals surface area contributed by atoms with Crippen LogP contribution in [0.4, 0.5) is 0 Å². The van der Waals surface area contributed by atoms with Crippen LogP contribution in [0.25, 0.3) is 0 Å². The van der Waals surface area contributed by atoms with Gasteiger partial charge in [-0.3, -0.25) is 4.79 Å². The molecule has 0 atom stereocenters. The molecule has 0 bridgehead atoms. The zero-order valence-corrected chi connectivity index (χ0v) is 19.4. The van der Waals surface area contributed by atoms with Gasteiger partial charge in [0, 0.05) is 19.5 Å². The molecule has 8 heteroatoms. The number of amides is 1. The molecule has 6 nitrogen and oxygen atoms in total. The van der Waals surface area contributed by atoms with Crippen LogP contribution < -0.4 is 10.6 Å². The fourth-order valence-corrected chi connectivity index (χ4v) is 2.97. The maximum atomic E-state index is 11.8. The van der Waals surface area contributed by atoms with Crippen LogP contribution in [0.15, 0.2) is 40.7 Å². The molecule has 0 radical (unpaired) electrons. The maximum absolute atomic E-state index is 11.8. The summed E-state index contributed by atoms with van der Waals surface area (Å²) >= 11 is 1.63. The lowest BCUT2D eigenvalue weighted by atomic mass is 10.2. The topological polar surface area (TPSA) is 69.6 Å². The Kier molecular flexibility index (Phi) is 10.3. The van der Waals surface area contributed by atoms with Crippen LogP contribution in [-0.2, 0) is 17.9 Å². The molecule has 1 aromatic heterocycles. The molecule has 2 aromatic rings. The average molecular weight is 501 g/mol. The van der Waals surface area contributed by atoms with Crippen LogP contribution in [0.3, 0.4) is 0 Å². The molecule has 0 aliphatic carbocycles.